The minimum Gasteiger partial charge on any atom is -0.444 e. The van der Waals surface area contributed by atoms with Crippen LogP contribution in [0, 0.1) is 0 Å². The predicted molar refractivity (Wildman–Crippen MR) is 189 cm³/mol. The van der Waals surface area contributed by atoms with Gasteiger partial charge in [0.1, 0.15) is 23.1 Å². The van der Waals surface area contributed by atoms with Crippen molar-refractivity contribution in [3.05, 3.63) is 39.8 Å². The molecule has 2 aromatic heterocycles. The van der Waals surface area contributed by atoms with Gasteiger partial charge in [-0.05, 0) is 80.9 Å². The molecule has 16 heteroatoms. The fourth-order valence-corrected chi connectivity index (χ4v) is 6.26. The van der Waals surface area contributed by atoms with E-state index in [1.54, 1.807) is 65.6 Å². The molecule has 4 rings (SSSR count). The van der Waals surface area contributed by atoms with Crippen molar-refractivity contribution in [2.24, 2.45) is 0 Å². The summed E-state index contributed by atoms with van der Waals surface area (Å²) in [7, 11) is 1.59. The van der Waals surface area contributed by atoms with Crippen LogP contribution in [0.5, 0.6) is 0 Å². The lowest BCUT2D eigenvalue weighted by Gasteiger charge is -2.32. The smallest absolute Gasteiger partial charge is 0.425 e. The molecule has 14 nitrogen and oxygen atoms in total. The third kappa shape index (κ3) is 9.73. The average molecular weight is 767 g/mol. The van der Waals surface area contributed by atoms with Gasteiger partial charge in [0.05, 0.1) is 25.0 Å². The molecule has 49 heavy (non-hydrogen) atoms. The van der Waals surface area contributed by atoms with Crippen molar-refractivity contribution in [1.82, 2.24) is 24.8 Å². The van der Waals surface area contributed by atoms with Gasteiger partial charge in [-0.25, -0.2) is 29.3 Å². The largest absolute Gasteiger partial charge is 0.444 e. The number of rotatable bonds is 7. The van der Waals surface area contributed by atoms with Crippen molar-refractivity contribution in [2.75, 3.05) is 36.6 Å². The van der Waals surface area contributed by atoms with Crippen LogP contribution < -0.4 is 15.1 Å². The van der Waals surface area contributed by atoms with Gasteiger partial charge in [0.25, 0.3) is 0 Å². The molecule has 1 aliphatic rings. The molecule has 268 valence electrons. The van der Waals surface area contributed by atoms with Crippen LogP contribution in [-0.4, -0.2) is 86.9 Å². The van der Waals surface area contributed by atoms with Crippen LogP contribution in [0.15, 0.2) is 29.3 Å². The lowest BCUT2D eigenvalue weighted by Crippen LogP contribution is -2.54. The summed E-state index contributed by atoms with van der Waals surface area (Å²) in [5.74, 6) is -0.0836. The molecule has 1 saturated heterocycles. The van der Waals surface area contributed by atoms with Crippen LogP contribution in [0.2, 0.25) is 5.02 Å². The molecule has 3 amide bonds. The van der Waals surface area contributed by atoms with Crippen molar-refractivity contribution in [3.63, 3.8) is 0 Å². The molecule has 1 N–H and O–H groups in total. The molecule has 0 saturated carbocycles. The minimum absolute atomic E-state index is 0.0836. The standard InChI is InChI=1S/C33H45BrClN7O7/c1-30(2,3)47-27(43)39-33(17-46-10)11-12-40(16-33)23-14-20(35)13-22(34)21(23)15-41-19-38-24-25(41)36-18-37-26(24)42(28(44)48-31(4,5)6)29(45)49-32(7,8)9/h13-14,18-19H,11-12,15-17H2,1-10H3,(H,39,43). The van der Waals surface area contributed by atoms with Gasteiger partial charge in [-0.1, -0.05) is 27.5 Å². The van der Waals surface area contributed by atoms with Crippen LogP contribution in [-0.2, 0) is 25.5 Å². The highest BCUT2D eigenvalue weighted by atomic mass is 79.9. The maximum absolute atomic E-state index is 13.4. The monoisotopic (exact) mass is 765 g/mol. The fraction of sp³-hybridized carbons (Fsp3) is 0.576. The summed E-state index contributed by atoms with van der Waals surface area (Å²) in [6.45, 7) is 17.2. The predicted octanol–water partition coefficient (Wildman–Crippen LogP) is 7.09. The summed E-state index contributed by atoms with van der Waals surface area (Å²) >= 11 is 10.3. The lowest BCUT2D eigenvalue weighted by atomic mass is 10.00. The fourth-order valence-electron chi connectivity index (χ4n) is 5.34. The van der Waals surface area contributed by atoms with Crippen LogP contribution in [0.4, 0.5) is 25.9 Å². The number of alkyl carbamates (subject to hydrolysis) is 1. The van der Waals surface area contributed by atoms with Gasteiger partial charge in [0.15, 0.2) is 17.0 Å². The van der Waals surface area contributed by atoms with Gasteiger partial charge in [-0.3, -0.25) is 0 Å². The summed E-state index contributed by atoms with van der Waals surface area (Å²) < 4.78 is 24.7. The minimum atomic E-state index is -0.965. The van der Waals surface area contributed by atoms with Gasteiger partial charge in [-0.15, -0.1) is 0 Å². The SMILES string of the molecule is COCC1(NC(=O)OC(C)(C)C)CCN(c2cc(Cl)cc(Br)c2Cn2cnc3c(N(C(=O)OC(C)(C)C)C(=O)OC(C)(C)C)ncnc32)C1. The normalized spacial score (nSPS) is 16.9. The number of halogens is 2. The number of benzene rings is 1. The molecular formula is C33H45BrClN7O7. The van der Waals surface area contributed by atoms with E-state index in [4.69, 9.17) is 30.5 Å². The van der Waals surface area contributed by atoms with E-state index in [0.717, 1.165) is 20.6 Å². The van der Waals surface area contributed by atoms with Gasteiger partial charge in [0.2, 0.25) is 0 Å². The Labute approximate surface area is 299 Å². The van der Waals surface area contributed by atoms with E-state index in [-0.39, 0.29) is 24.5 Å². The number of ether oxygens (including phenoxy) is 4. The number of imidazole rings is 1. The number of fused-ring (bicyclic) bond motifs is 1. The van der Waals surface area contributed by atoms with Crippen molar-refractivity contribution in [2.45, 2.75) is 97.6 Å². The Morgan fingerprint density at radius 1 is 0.959 bits per heavy atom. The van der Waals surface area contributed by atoms with E-state index in [9.17, 15) is 14.4 Å². The van der Waals surface area contributed by atoms with Gasteiger partial charge >= 0.3 is 18.3 Å². The Morgan fingerprint density at radius 2 is 1.57 bits per heavy atom. The van der Waals surface area contributed by atoms with Crippen LogP contribution >= 0.6 is 27.5 Å². The number of methoxy groups -OCH3 is 1. The number of amides is 3. The second-order valence-electron chi connectivity index (χ2n) is 14.9. The van der Waals surface area contributed by atoms with Crippen molar-refractivity contribution >= 4 is 68.5 Å². The summed E-state index contributed by atoms with van der Waals surface area (Å²) in [6.07, 6.45) is 0.946. The molecule has 3 aromatic rings. The van der Waals surface area contributed by atoms with Crippen molar-refractivity contribution in [3.8, 4) is 0 Å². The lowest BCUT2D eigenvalue weighted by molar-refractivity contribution is 0.0379. The zero-order chi connectivity index (χ0) is 36.5. The number of hydrogen-bond acceptors (Lipinski definition) is 11. The summed E-state index contributed by atoms with van der Waals surface area (Å²) in [4.78, 5) is 55.7. The number of hydrogen-bond donors (Lipinski definition) is 1. The van der Waals surface area contributed by atoms with E-state index in [1.807, 2.05) is 26.8 Å². The topological polar surface area (TPSA) is 150 Å². The van der Waals surface area contributed by atoms with Crippen molar-refractivity contribution in [1.29, 1.82) is 0 Å². The van der Waals surface area contributed by atoms with E-state index < -0.39 is 40.6 Å². The molecule has 0 aliphatic carbocycles. The molecule has 1 fully saturated rings. The second kappa shape index (κ2) is 14.3. The number of nitrogens with one attached hydrogen (secondary N) is 1. The molecule has 0 spiro atoms. The number of carbonyl (C=O) groups is 3. The Hall–Kier alpha value is -3.69. The summed E-state index contributed by atoms with van der Waals surface area (Å²) in [6, 6.07) is 3.66. The Morgan fingerprint density at radius 3 is 2.14 bits per heavy atom. The third-order valence-corrected chi connectivity index (χ3v) is 8.02. The first-order valence-electron chi connectivity index (χ1n) is 15.8. The molecule has 0 bridgehead atoms. The first kappa shape index (κ1) is 38.1. The Balaban J connectivity index is 1.71. The number of anilines is 2. The van der Waals surface area contributed by atoms with Crippen LogP contribution in [0.3, 0.4) is 0 Å². The van der Waals surface area contributed by atoms with E-state index in [2.05, 4.69) is 41.1 Å². The number of nitrogens with zero attached hydrogens (tertiary/aromatic N) is 6. The van der Waals surface area contributed by atoms with Crippen molar-refractivity contribution < 1.29 is 33.3 Å². The highest BCUT2D eigenvalue weighted by Crippen LogP contribution is 2.37. The maximum atomic E-state index is 13.4. The van der Waals surface area contributed by atoms with Gasteiger partial charge < -0.3 is 33.7 Å². The molecule has 1 aliphatic heterocycles. The van der Waals surface area contributed by atoms with E-state index in [1.165, 1.54) is 6.33 Å². The number of carbonyl (C=O) groups excluding carboxylic acids is 3. The Kier molecular flexibility index (Phi) is 11.1. The molecule has 1 unspecified atom stereocenters. The number of aromatic nitrogens is 4. The summed E-state index contributed by atoms with van der Waals surface area (Å²) in [5.41, 5.74) is -0.953. The summed E-state index contributed by atoms with van der Waals surface area (Å²) in [5, 5.41) is 3.56. The molecule has 1 atom stereocenters. The zero-order valence-electron chi connectivity index (χ0n) is 29.6. The van der Waals surface area contributed by atoms with Crippen LogP contribution in [0.1, 0.15) is 74.3 Å². The quantitative estimate of drug-likeness (QED) is 0.246. The molecular weight excluding hydrogens is 722 g/mol. The van der Waals surface area contributed by atoms with Gasteiger partial charge in [-0.2, -0.15) is 4.90 Å². The highest BCUT2D eigenvalue weighted by Gasteiger charge is 2.42. The molecule has 1 aromatic carbocycles. The maximum Gasteiger partial charge on any atom is 0.425 e. The van der Waals surface area contributed by atoms with E-state index >= 15 is 0 Å². The van der Waals surface area contributed by atoms with Gasteiger partial charge in [0, 0.05) is 40.9 Å². The number of imide groups is 1. The highest BCUT2D eigenvalue weighted by molar-refractivity contribution is 9.10. The Bertz CT molecular complexity index is 1690. The first-order valence-corrected chi connectivity index (χ1v) is 16.9. The zero-order valence-corrected chi connectivity index (χ0v) is 32.0. The second-order valence-corrected chi connectivity index (χ2v) is 16.2. The van der Waals surface area contributed by atoms with Crippen LogP contribution in [0.25, 0.3) is 11.2 Å². The average Bonchev–Trinajstić information content (AvgIpc) is 3.52. The van der Waals surface area contributed by atoms with E-state index in [0.29, 0.717) is 30.2 Å². The third-order valence-electron chi connectivity index (χ3n) is 7.09. The molecule has 3 heterocycles. The first-order chi connectivity index (χ1) is 22.6. The molecule has 0 radical (unpaired) electrons.